The van der Waals surface area contributed by atoms with Crippen molar-refractivity contribution in [3.63, 3.8) is 0 Å². The third-order valence-electron chi connectivity index (χ3n) is 4.19. The molecule has 0 saturated heterocycles. The summed E-state index contributed by atoms with van der Waals surface area (Å²) in [5.41, 5.74) is 2.66. The van der Waals surface area contributed by atoms with E-state index in [1.54, 1.807) is 25.3 Å². The molecule has 1 amide bonds. The zero-order chi connectivity index (χ0) is 18.7. The maximum atomic E-state index is 12.5. The second-order valence-electron chi connectivity index (χ2n) is 5.95. The lowest BCUT2D eigenvalue weighted by Gasteiger charge is -2.16. The zero-order valence-corrected chi connectivity index (χ0v) is 14.9. The zero-order valence-electron chi connectivity index (χ0n) is 14.9. The van der Waals surface area contributed by atoms with Crippen molar-refractivity contribution in [2.45, 2.75) is 13.0 Å². The molecule has 0 radical (unpaired) electrons. The molecule has 1 unspecified atom stereocenters. The van der Waals surface area contributed by atoms with Crippen LogP contribution in [0.4, 0.5) is 0 Å². The number of aryl methyl sites for hydroxylation is 1. The number of carbonyl (C=O) groups is 1. The Morgan fingerprint density at radius 2 is 2.04 bits per heavy atom. The summed E-state index contributed by atoms with van der Waals surface area (Å²) in [7, 11) is 3.07. The van der Waals surface area contributed by atoms with Gasteiger partial charge in [0, 0.05) is 17.5 Å². The van der Waals surface area contributed by atoms with E-state index >= 15 is 0 Å². The van der Waals surface area contributed by atoms with Crippen LogP contribution in [0.1, 0.15) is 27.7 Å². The summed E-state index contributed by atoms with van der Waals surface area (Å²) < 4.78 is 10.5. The van der Waals surface area contributed by atoms with Crippen molar-refractivity contribution < 1.29 is 19.4 Å². The fourth-order valence-corrected chi connectivity index (χ4v) is 2.78. The Kier molecular flexibility index (Phi) is 5.09. The molecule has 1 atom stereocenters. The maximum absolute atomic E-state index is 12.5. The van der Waals surface area contributed by atoms with Crippen molar-refractivity contribution in [2.24, 2.45) is 0 Å². The molecule has 3 N–H and O–H groups in total. The molecule has 7 nitrogen and oxygen atoms in total. The largest absolute Gasteiger partial charge is 0.497 e. The summed E-state index contributed by atoms with van der Waals surface area (Å²) in [5.74, 6) is 0.760. The van der Waals surface area contributed by atoms with Crippen LogP contribution in [0.5, 0.6) is 11.5 Å². The van der Waals surface area contributed by atoms with Gasteiger partial charge in [0.2, 0.25) is 0 Å². The monoisotopic (exact) mass is 355 g/mol. The minimum atomic E-state index is -0.948. The van der Waals surface area contributed by atoms with Crippen molar-refractivity contribution in [1.29, 1.82) is 0 Å². The maximum Gasteiger partial charge on any atom is 0.272 e. The highest BCUT2D eigenvalue weighted by Gasteiger charge is 2.18. The van der Waals surface area contributed by atoms with Crippen LogP contribution >= 0.6 is 0 Å². The molecule has 2 aromatic carbocycles. The first-order valence-electron chi connectivity index (χ1n) is 8.16. The average Bonchev–Trinajstić information content (AvgIpc) is 3.08. The molecule has 0 aliphatic rings. The molecule has 7 heteroatoms. The van der Waals surface area contributed by atoms with Crippen molar-refractivity contribution in [1.82, 2.24) is 15.5 Å². The molecule has 0 spiro atoms. The van der Waals surface area contributed by atoms with Crippen molar-refractivity contribution >= 4 is 16.8 Å². The molecule has 0 fully saturated rings. The van der Waals surface area contributed by atoms with E-state index in [9.17, 15) is 9.90 Å². The van der Waals surface area contributed by atoms with Gasteiger partial charge in [-0.3, -0.25) is 9.89 Å². The van der Waals surface area contributed by atoms with Gasteiger partial charge in [-0.15, -0.1) is 0 Å². The van der Waals surface area contributed by atoms with Gasteiger partial charge >= 0.3 is 0 Å². The van der Waals surface area contributed by atoms with Gasteiger partial charge in [0.25, 0.3) is 5.91 Å². The fourth-order valence-electron chi connectivity index (χ4n) is 2.78. The van der Waals surface area contributed by atoms with Crippen molar-refractivity contribution in [3.05, 3.63) is 53.2 Å². The Labute approximate surface area is 150 Å². The highest BCUT2D eigenvalue weighted by atomic mass is 16.5. The molecule has 1 heterocycles. The third-order valence-corrected chi connectivity index (χ3v) is 4.19. The van der Waals surface area contributed by atoms with E-state index < -0.39 is 6.10 Å². The number of aromatic amines is 1. The number of nitrogens with one attached hydrogen (secondary N) is 2. The van der Waals surface area contributed by atoms with Crippen LogP contribution in [0, 0.1) is 6.92 Å². The van der Waals surface area contributed by atoms with Crippen LogP contribution in [-0.2, 0) is 0 Å². The topological polar surface area (TPSA) is 96.5 Å². The van der Waals surface area contributed by atoms with Crippen LogP contribution in [0.15, 0.2) is 36.4 Å². The van der Waals surface area contributed by atoms with Gasteiger partial charge in [0.1, 0.15) is 17.6 Å². The number of fused-ring (bicyclic) bond motifs is 1. The lowest BCUT2D eigenvalue weighted by molar-refractivity contribution is 0.0911. The lowest BCUT2D eigenvalue weighted by atomic mass is 10.1. The first-order chi connectivity index (χ1) is 12.5. The smallest absolute Gasteiger partial charge is 0.272 e. The highest BCUT2D eigenvalue weighted by molar-refractivity contribution is 6.04. The number of benzene rings is 2. The number of nitrogens with zero attached hydrogens (tertiary/aromatic N) is 1. The van der Waals surface area contributed by atoms with Crippen molar-refractivity contribution in [2.75, 3.05) is 20.8 Å². The van der Waals surface area contributed by atoms with Crippen LogP contribution in [-0.4, -0.2) is 42.0 Å². The number of amides is 1. The Hall–Kier alpha value is -3.06. The molecular formula is C19H21N3O4. The summed E-state index contributed by atoms with van der Waals surface area (Å²) in [6.45, 7) is 1.97. The van der Waals surface area contributed by atoms with Gasteiger partial charge in [-0.05, 0) is 37.3 Å². The number of aromatic nitrogens is 2. The predicted molar refractivity (Wildman–Crippen MR) is 97.7 cm³/mol. The Morgan fingerprint density at radius 3 is 2.77 bits per heavy atom. The average molecular weight is 355 g/mol. The van der Waals surface area contributed by atoms with E-state index in [-0.39, 0.29) is 12.5 Å². The summed E-state index contributed by atoms with van der Waals surface area (Å²) in [5, 5.41) is 20.9. The first-order valence-corrected chi connectivity index (χ1v) is 8.16. The number of ether oxygens (including phenoxy) is 2. The summed E-state index contributed by atoms with van der Waals surface area (Å²) >= 11 is 0. The fraction of sp³-hybridized carbons (Fsp3) is 0.263. The van der Waals surface area contributed by atoms with Gasteiger partial charge < -0.3 is 19.9 Å². The van der Waals surface area contributed by atoms with Crippen molar-refractivity contribution in [3.8, 4) is 11.5 Å². The molecule has 26 heavy (non-hydrogen) atoms. The Balaban J connectivity index is 1.75. The predicted octanol–water partition coefficient (Wildman–Crippen LogP) is 2.35. The van der Waals surface area contributed by atoms with E-state index in [4.69, 9.17) is 9.47 Å². The number of hydrogen-bond donors (Lipinski definition) is 3. The molecule has 0 bridgehead atoms. The molecule has 1 aromatic heterocycles. The SMILES string of the molecule is COc1ccc(OC)c(C(O)CNC(=O)c2n[nH]c3ccc(C)cc23)c1. The molecule has 0 saturated carbocycles. The standard InChI is InChI=1S/C19H21N3O4/c1-11-4-6-15-13(8-11)18(22-21-15)19(24)20-10-16(23)14-9-12(25-2)5-7-17(14)26-3/h4-9,16,23H,10H2,1-3H3,(H,20,24)(H,21,22). The normalized spacial score (nSPS) is 12.0. The van der Waals surface area contributed by atoms with Gasteiger partial charge in [0.15, 0.2) is 5.69 Å². The van der Waals surface area contributed by atoms with E-state index in [0.717, 1.165) is 16.5 Å². The lowest BCUT2D eigenvalue weighted by Crippen LogP contribution is -2.29. The number of aliphatic hydroxyl groups excluding tert-OH is 1. The molecule has 136 valence electrons. The first kappa shape index (κ1) is 17.8. The number of carbonyl (C=O) groups excluding carboxylic acids is 1. The molecular weight excluding hydrogens is 334 g/mol. The van der Waals surface area contributed by atoms with Gasteiger partial charge in [-0.2, -0.15) is 5.10 Å². The summed E-state index contributed by atoms with van der Waals surface area (Å²) in [6.07, 6.45) is -0.948. The second-order valence-corrected chi connectivity index (χ2v) is 5.95. The number of rotatable bonds is 6. The number of hydrogen-bond acceptors (Lipinski definition) is 5. The molecule has 0 aliphatic carbocycles. The number of methoxy groups -OCH3 is 2. The second kappa shape index (κ2) is 7.45. The highest BCUT2D eigenvalue weighted by Crippen LogP contribution is 2.29. The minimum Gasteiger partial charge on any atom is -0.497 e. The molecule has 3 aromatic rings. The number of aliphatic hydroxyl groups is 1. The van der Waals surface area contributed by atoms with E-state index in [1.807, 2.05) is 25.1 Å². The van der Waals surface area contributed by atoms with Gasteiger partial charge in [-0.25, -0.2) is 0 Å². The van der Waals surface area contributed by atoms with Gasteiger partial charge in [-0.1, -0.05) is 11.6 Å². The minimum absolute atomic E-state index is 0.0164. The molecule has 0 aliphatic heterocycles. The van der Waals surface area contributed by atoms with Crippen LogP contribution in [0.2, 0.25) is 0 Å². The summed E-state index contributed by atoms with van der Waals surface area (Å²) in [6, 6.07) is 10.9. The van der Waals surface area contributed by atoms with E-state index in [1.165, 1.54) is 7.11 Å². The third kappa shape index (κ3) is 3.48. The van der Waals surface area contributed by atoms with Crippen LogP contribution in [0.25, 0.3) is 10.9 Å². The van der Waals surface area contributed by atoms with Gasteiger partial charge in [0.05, 0.1) is 19.7 Å². The van der Waals surface area contributed by atoms with E-state index in [0.29, 0.717) is 22.8 Å². The number of H-pyrrole nitrogens is 1. The van der Waals surface area contributed by atoms with Crippen LogP contribution < -0.4 is 14.8 Å². The Bertz CT molecular complexity index is 936. The molecule has 3 rings (SSSR count). The summed E-state index contributed by atoms with van der Waals surface area (Å²) in [4.78, 5) is 12.5. The quantitative estimate of drug-likeness (QED) is 0.631. The van der Waals surface area contributed by atoms with Crippen LogP contribution in [0.3, 0.4) is 0 Å². The Morgan fingerprint density at radius 1 is 1.23 bits per heavy atom. The van der Waals surface area contributed by atoms with E-state index in [2.05, 4.69) is 15.5 Å².